The third-order valence-electron chi connectivity index (χ3n) is 2.33. The van der Waals surface area contributed by atoms with Crippen molar-refractivity contribution < 1.29 is 14.3 Å². The lowest BCUT2D eigenvalue weighted by atomic mass is 10.1. The summed E-state index contributed by atoms with van der Waals surface area (Å²) in [5, 5.41) is 8.97. The maximum absolute atomic E-state index is 13.1. The minimum absolute atomic E-state index is 0.140. The monoisotopic (exact) mass is 232 g/mol. The lowest BCUT2D eigenvalue weighted by Gasteiger charge is -2.05. The Bertz CT molecular complexity index is 584. The third kappa shape index (κ3) is 2.13. The standard InChI is InChI=1S/C12H9FN2O2/c1-7-6-8(2-3-9(7)13)10-11(12(16)17)15-5-4-14-10/h2-6H,1H3,(H,16,17). The number of hydrogen-bond acceptors (Lipinski definition) is 3. The van der Waals surface area contributed by atoms with E-state index in [1.54, 1.807) is 13.0 Å². The Labute approximate surface area is 96.8 Å². The molecule has 4 nitrogen and oxygen atoms in total. The molecule has 0 saturated carbocycles. The van der Waals surface area contributed by atoms with Crippen LogP contribution in [0.5, 0.6) is 0 Å². The van der Waals surface area contributed by atoms with Crippen LogP contribution in [0.15, 0.2) is 30.6 Å². The second-order valence-corrected chi connectivity index (χ2v) is 3.52. The first-order chi connectivity index (χ1) is 8.09. The van der Waals surface area contributed by atoms with Crippen LogP contribution in [0.3, 0.4) is 0 Å². The molecule has 2 rings (SSSR count). The Balaban J connectivity index is 2.60. The van der Waals surface area contributed by atoms with Gasteiger partial charge in [-0.2, -0.15) is 0 Å². The van der Waals surface area contributed by atoms with Crippen molar-refractivity contribution in [1.82, 2.24) is 9.97 Å². The molecule has 17 heavy (non-hydrogen) atoms. The van der Waals surface area contributed by atoms with Crippen molar-refractivity contribution in [3.63, 3.8) is 0 Å². The molecule has 0 radical (unpaired) electrons. The normalized spacial score (nSPS) is 10.2. The molecule has 5 heteroatoms. The van der Waals surface area contributed by atoms with E-state index < -0.39 is 5.97 Å². The van der Waals surface area contributed by atoms with E-state index in [0.717, 1.165) is 0 Å². The Morgan fingerprint density at radius 2 is 2.00 bits per heavy atom. The molecule has 0 bridgehead atoms. The van der Waals surface area contributed by atoms with Crippen LogP contribution in [0.25, 0.3) is 11.3 Å². The van der Waals surface area contributed by atoms with Gasteiger partial charge in [0.25, 0.3) is 0 Å². The van der Waals surface area contributed by atoms with Gasteiger partial charge in [-0.25, -0.2) is 14.2 Å². The van der Waals surface area contributed by atoms with Gasteiger partial charge >= 0.3 is 5.97 Å². The zero-order valence-corrected chi connectivity index (χ0v) is 9.01. The molecule has 1 aromatic carbocycles. The van der Waals surface area contributed by atoms with Crippen LogP contribution in [0.2, 0.25) is 0 Å². The van der Waals surface area contributed by atoms with Gasteiger partial charge in [-0.15, -0.1) is 0 Å². The lowest BCUT2D eigenvalue weighted by molar-refractivity contribution is 0.0691. The van der Waals surface area contributed by atoms with Crippen LogP contribution in [0.1, 0.15) is 16.1 Å². The molecule has 1 N–H and O–H groups in total. The number of hydrogen-bond donors (Lipinski definition) is 1. The van der Waals surface area contributed by atoms with Gasteiger partial charge in [0.1, 0.15) is 11.5 Å². The quantitative estimate of drug-likeness (QED) is 0.862. The van der Waals surface area contributed by atoms with Gasteiger partial charge in [0.2, 0.25) is 0 Å². The predicted molar refractivity (Wildman–Crippen MR) is 59.1 cm³/mol. The summed E-state index contributed by atoms with van der Waals surface area (Å²) >= 11 is 0. The largest absolute Gasteiger partial charge is 0.476 e. The highest BCUT2D eigenvalue weighted by atomic mass is 19.1. The van der Waals surface area contributed by atoms with E-state index in [1.807, 2.05) is 0 Å². The number of nitrogens with zero attached hydrogens (tertiary/aromatic N) is 2. The second-order valence-electron chi connectivity index (χ2n) is 3.52. The molecule has 2 aromatic rings. The van der Waals surface area contributed by atoms with Crippen molar-refractivity contribution in [2.45, 2.75) is 6.92 Å². The molecule has 0 amide bonds. The molecular formula is C12H9FN2O2. The summed E-state index contributed by atoms with van der Waals surface area (Å²) in [6.07, 6.45) is 2.71. The SMILES string of the molecule is Cc1cc(-c2nccnc2C(=O)O)ccc1F. The van der Waals surface area contributed by atoms with Crippen LogP contribution in [-0.4, -0.2) is 21.0 Å². The molecule has 0 saturated heterocycles. The fourth-order valence-corrected chi connectivity index (χ4v) is 1.50. The Kier molecular flexibility index (Phi) is 2.82. The summed E-state index contributed by atoms with van der Waals surface area (Å²) in [7, 11) is 0. The van der Waals surface area contributed by atoms with Crippen LogP contribution in [0.4, 0.5) is 4.39 Å². The number of carbonyl (C=O) groups is 1. The summed E-state index contributed by atoms with van der Waals surface area (Å²) < 4.78 is 13.1. The predicted octanol–water partition coefficient (Wildman–Crippen LogP) is 2.29. The molecule has 0 spiro atoms. The number of carboxylic acid groups (broad SMARTS) is 1. The van der Waals surface area contributed by atoms with Crippen LogP contribution in [-0.2, 0) is 0 Å². The molecule has 1 heterocycles. The van der Waals surface area contributed by atoms with Crippen molar-refractivity contribution in [2.75, 3.05) is 0 Å². The molecule has 0 unspecified atom stereocenters. The number of halogens is 1. The number of rotatable bonds is 2. The van der Waals surface area contributed by atoms with Crippen molar-refractivity contribution >= 4 is 5.97 Å². The fraction of sp³-hybridized carbons (Fsp3) is 0.0833. The average molecular weight is 232 g/mol. The van der Waals surface area contributed by atoms with Crippen molar-refractivity contribution in [2.24, 2.45) is 0 Å². The summed E-state index contributed by atoms with van der Waals surface area (Å²) in [5.41, 5.74) is 1.07. The lowest BCUT2D eigenvalue weighted by Crippen LogP contribution is -2.04. The first kappa shape index (κ1) is 11.2. The summed E-state index contributed by atoms with van der Waals surface area (Å²) in [5.74, 6) is -1.50. The van der Waals surface area contributed by atoms with Gasteiger partial charge in [0.15, 0.2) is 5.69 Å². The number of aryl methyl sites for hydroxylation is 1. The molecular weight excluding hydrogens is 223 g/mol. The van der Waals surface area contributed by atoms with Gasteiger partial charge in [-0.3, -0.25) is 4.98 Å². The molecule has 0 atom stereocenters. The van der Waals surface area contributed by atoms with Gasteiger partial charge < -0.3 is 5.11 Å². The van der Waals surface area contributed by atoms with E-state index in [-0.39, 0.29) is 17.2 Å². The number of aromatic nitrogens is 2. The molecule has 0 aliphatic heterocycles. The zero-order valence-electron chi connectivity index (χ0n) is 9.01. The van der Waals surface area contributed by atoms with Crippen molar-refractivity contribution in [3.05, 3.63) is 47.7 Å². The minimum atomic E-state index is -1.16. The van der Waals surface area contributed by atoms with Crippen LogP contribution < -0.4 is 0 Å². The Morgan fingerprint density at radius 1 is 1.29 bits per heavy atom. The van der Waals surface area contributed by atoms with Gasteiger partial charge in [-0.1, -0.05) is 0 Å². The van der Waals surface area contributed by atoms with E-state index >= 15 is 0 Å². The van der Waals surface area contributed by atoms with E-state index in [2.05, 4.69) is 9.97 Å². The number of benzene rings is 1. The maximum Gasteiger partial charge on any atom is 0.356 e. The van der Waals surface area contributed by atoms with E-state index in [1.165, 1.54) is 24.5 Å². The van der Waals surface area contributed by atoms with E-state index in [4.69, 9.17) is 5.11 Å². The Morgan fingerprint density at radius 3 is 2.65 bits per heavy atom. The molecule has 0 aliphatic carbocycles. The van der Waals surface area contributed by atoms with Crippen molar-refractivity contribution in [3.8, 4) is 11.3 Å². The highest BCUT2D eigenvalue weighted by Gasteiger charge is 2.14. The van der Waals surface area contributed by atoms with E-state index in [9.17, 15) is 9.18 Å². The summed E-state index contributed by atoms with van der Waals surface area (Å²) in [4.78, 5) is 18.7. The molecule has 0 aliphatic rings. The molecule has 86 valence electrons. The molecule has 0 fully saturated rings. The highest BCUT2D eigenvalue weighted by molar-refractivity contribution is 5.92. The Hall–Kier alpha value is -2.30. The summed E-state index contributed by atoms with van der Waals surface area (Å²) in [6.45, 7) is 1.61. The minimum Gasteiger partial charge on any atom is -0.476 e. The molecule has 1 aromatic heterocycles. The second kappa shape index (κ2) is 4.29. The van der Waals surface area contributed by atoms with Crippen LogP contribution >= 0.6 is 0 Å². The topological polar surface area (TPSA) is 63.1 Å². The van der Waals surface area contributed by atoms with Gasteiger partial charge in [-0.05, 0) is 30.7 Å². The van der Waals surface area contributed by atoms with E-state index in [0.29, 0.717) is 11.1 Å². The number of aromatic carboxylic acids is 1. The van der Waals surface area contributed by atoms with Gasteiger partial charge in [0.05, 0.1) is 0 Å². The maximum atomic E-state index is 13.1. The van der Waals surface area contributed by atoms with Crippen LogP contribution in [0, 0.1) is 12.7 Å². The first-order valence-corrected chi connectivity index (χ1v) is 4.90. The average Bonchev–Trinajstić information content (AvgIpc) is 2.32. The third-order valence-corrected chi connectivity index (χ3v) is 2.33. The smallest absolute Gasteiger partial charge is 0.356 e. The summed E-state index contributed by atoms with van der Waals surface area (Å²) in [6, 6.07) is 4.32. The van der Waals surface area contributed by atoms with Crippen molar-refractivity contribution in [1.29, 1.82) is 0 Å². The zero-order chi connectivity index (χ0) is 12.4. The van der Waals surface area contributed by atoms with Gasteiger partial charge in [0, 0.05) is 18.0 Å². The number of carboxylic acids is 1. The first-order valence-electron chi connectivity index (χ1n) is 4.90. The highest BCUT2D eigenvalue weighted by Crippen LogP contribution is 2.22. The fourth-order valence-electron chi connectivity index (χ4n) is 1.50.